The molecule has 35 heavy (non-hydrogen) atoms. The highest BCUT2D eigenvalue weighted by molar-refractivity contribution is 7.89. The smallest absolute Gasteiger partial charge is 0.243 e. The van der Waals surface area contributed by atoms with Crippen LogP contribution in [0.1, 0.15) is 12.8 Å². The monoisotopic (exact) mass is 490 g/mol. The van der Waals surface area contributed by atoms with E-state index in [-0.39, 0.29) is 17.3 Å². The van der Waals surface area contributed by atoms with Gasteiger partial charge < -0.3 is 9.80 Å². The molecule has 2 aromatic carbocycles. The average Bonchev–Trinajstić information content (AvgIpc) is 2.91. The lowest BCUT2D eigenvalue weighted by atomic mass is 9.95. The Balaban J connectivity index is 1.19. The average molecular weight is 491 g/mol. The number of hydrogen-bond donors (Lipinski definition) is 0. The zero-order valence-electron chi connectivity index (χ0n) is 19.7. The maximum Gasteiger partial charge on any atom is 0.243 e. The van der Waals surface area contributed by atoms with E-state index < -0.39 is 10.0 Å². The van der Waals surface area contributed by atoms with E-state index in [1.54, 1.807) is 18.2 Å². The number of amides is 1. The topological polar surface area (TPSA) is 73.8 Å². The lowest BCUT2D eigenvalue weighted by Gasteiger charge is -2.38. The molecule has 0 saturated carbocycles. The third-order valence-corrected chi connectivity index (χ3v) is 8.82. The highest BCUT2D eigenvalue weighted by Crippen LogP contribution is 2.27. The van der Waals surface area contributed by atoms with Crippen LogP contribution in [0.5, 0.6) is 0 Å². The SMILES string of the molecule is O=C1CN(S(=O)(=O)c2cccc(-c3ccccc3)c2)CCN1CC1CCN(c2ccncc2)CC1. The van der Waals surface area contributed by atoms with Crippen molar-refractivity contribution < 1.29 is 13.2 Å². The standard InChI is InChI=1S/C27H30N4O3S/c32-27-21-31(35(33,34)26-8-4-7-24(19-26)23-5-2-1-3-6-23)18-17-30(27)20-22-11-15-29(16-12-22)25-9-13-28-14-10-25/h1-10,13-14,19,22H,11-12,15-18,20-21H2. The van der Waals surface area contributed by atoms with Gasteiger partial charge in [-0.25, -0.2) is 8.42 Å². The summed E-state index contributed by atoms with van der Waals surface area (Å²) in [5.74, 6) is 0.318. The Bertz CT molecular complexity index is 1260. The van der Waals surface area contributed by atoms with E-state index in [4.69, 9.17) is 0 Å². The van der Waals surface area contributed by atoms with Gasteiger partial charge >= 0.3 is 0 Å². The van der Waals surface area contributed by atoms with Crippen molar-refractivity contribution in [2.24, 2.45) is 5.92 Å². The van der Waals surface area contributed by atoms with Gasteiger partial charge in [0.1, 0.15) is 0 Å². The second kappa shape index (κ2) is 10.2. The number of sulfonamides is 1. The summed E-state index contributed by atoms with van der Waals surface area (Å²) in [6.07, 6.45) is 5.65. The Kier molecular flexibility index (Phi) is 6.83. The van der Waals surface area contributed by atoms with E-state index >= 15 is 0 Å². The number of rotatable bonds is 6. The summed E-state index contributed by atoms with van der Waals surface area (Å²) in [4.78, 5) is 21.4. The number of hydrogen-bond acceptors (Lipinski definition) is 5. The van der Waals surface area contributed by atoms with Crippen molar-refractivity contribution in [3.63, 3.8) is 0 Å². The van der Waals surface area contributed by atoms with Crippen LogP contribution in [0.15, 0.2) is 84.0 Å². The first-order chi connectivity index (χ1) is 17.0. The van der Waals surface area contributed by atoms with Gasteiger partial charge in [-0.1, -0.05) is 42.5 Å². The van der Waals surface area contributed by atoms with Gasteiger partial charge in [-0.2, -0.15) is 4.31 Å². The summed E-state index contributed by atoms with van der Waals surface area (Å²) in [7, 11) is -3.75. The van der Waals surface area contributed by atoms with Gasteiger partial charge in [-0.05, 0) is 54.2 Å². The van der Waals surface area contributed by atoms with Gasteiger partial charge in [0, 0.05) is 50.8 Å². The number of carbonyl (C=O) groups is 1. The number of pyridine rings is 1. The molecule has 0 radical (unpaired) electrons. The molecule has 0 bridgehead atoms. The Morgan fingerprint density at radius 3 is 2.26 bits per heavy atom. The molecule has 1 aromatic heterocycles. The molecule has 2 aliphatic heterocycles. The highest BCUT2D eigenvalue weighted by Gasteiger charge is 2.34. The van der Waals surface area contributed by atoms with Crippen molar-refractivity contribution in [3.8, 4) is 11.1 Å². The Hall–Kier alpha value is -3.23. The third-order valence-electron chi connectivity index (χ3n) is 6.98. The number of piperidine rings is 1. The van der Waals surface area contributed by atoms with Crippen LogP contribution in [0, 0.1) is 5.92 Å². The second-order valence-corrected chi connectivity index (χ2v) is 11.1. The number of nitrogens with zero attached hydrogens (tertiary/aromatic N) is 4. The molecule has 0 N–H and O–H groups in total. The van der Waals surface area contributed by atoms with Gasteiger partial charge in [-0.15, -0.1) is 0 Å². The van der Waals surface area contributed by atoms with Gasteiger partial charge in [0.15, 0.2) is 0 Å². The van der Waals surface area contributed by atoms with E-state index in [9.17, 15) is 13.2 Å². The van der Waals surface area contributed by atoms with Gasteiger partial charge in [0.25, 0.3) is 0 Å². The largest absolute Gasteiger partial charge is 0.371 e. The Morgan fingerprint density at radius 2 is 1.54 bits per heavy atom. The van der Waals surface area contributed by atoms with Crippen LogP contribution in [-0.4, -0.2) is 67.8 Å². The van der Waals surface area contributed by atoms with Crippen molar-refractivity contribution in [2.45, 2.75) is 17.7 Å². The van der Waals surface area contributed by atoms with Crippen molar-refractivity contribution in [3.05, 3.63) is 79.1 Å². The zero-order chi connectivity index (χ0) is 24.3. The quantitative estimate of drug-likeness (QED) is 0.529. The van der Waals surface area contributed by atoms with Crippen molar-refractivity contribution in [1.82, 2.24) is 14.2 Å². The fourth-order valence-electron chi connectivity index (χ4n) is 4.94. The first-order valence-electron chi connectivity index (χ1n) is 12.1. The second-order valence-electron chi connectivity index (χ2n) is 9.21. The fourth-order valence-corrected chi connectivity index (χ4v) is 6.37. The molecule has 2 fully saturated rings. The molecule has 2 saturated heterocycles. The molecule has 3 aromatic rings. The van der Waals surface area contributed by atoms with Crippen molar-refractivity contribution in [2.75, 3.05) is 44.2 Å². The van der Waals surface area contributed by atoms with Crippen LogP contribution < -0.4 is 4.90 Å². The van der Waals surface area contributed by atoms with Crippen LogP contribution in [0.25, 0.3) is 11.1 Å². The lowest BCUT2D eigenvalue weighted by molar-refractivity contribution is -0.134. The lowest BCUT2D eigenvalue weighted by Crippen LogP contribution is -2.53. The van der Waals surface area contributed by atoms with Crippen LogP contribution in [0.3, 0.4) is 0 Å². The summed E-state index contributed by atoms with van der Waals surface area (Å²) in [6.45, 7) is 3.25. The maximum absolute atomic E-state index is 13.3. The van der Waals surface area contributed by atoms with Gasteiger partial charge in [0.2, 0.25) is 15.9 Å². The summed E-state index contributed by atoms with van der Waals surface area (Å²) in [6, 6.07) is 20.7. The zero-order valence-corrected chi connectivity index (χ0v) is 20.5. The van der Waals surface area contributed by atoms with Gasteiger partial charge in [0.05, 0.1) is 11.4 Å². The molecule has 1 amide bonds. The van der Waals surface area contributed by atoms with Crippen LogP contribution in [0.4, 0.5) is 5.69 Å². The number of piperazine rings is 1. The third kappa shape index (κ3) is 5.23. The molecule has 2 aliphatic rings. The molecule has 0 atom stereocenters. The molecule has 7 nitrogen and oxygen atoms in total. The summed E-state index contributed by atoms with van der Waals surface area (Å²) in [5.41, 5.74) is 2.99. The predicted octanol–water partition coefficient (Wildman–Crippen LogP) is 3.50. The number of carbonyl (C=O) groups excluding carboxylic acids is 1. The molecule has 0 aliphatic carbocycles. The van der Waals surface area contributed by atoms with E-state index in [1.807, 2.05) is 65.8 Å². The molecular weight excluding hydrogens is 460 g/mol. The molecule has 8 heteroatoms. The number of anilines is 1. The molecular formula is C27H30N4O3S. The van der Waals surface area contributed by atoms with E-state index in [0.29, 0.717) is 25.6 Å². The predicted molar refractivity (Wildman–Crippen MR) is 136 cm³/mol. The minimum atomic E-state index is -3.75. The minimum absolute atomic E-state index is 0.103. The molecule has 0 spiro atoms. The molecule has 182 valence electrons. The van der Waals surface area contributed by atoms with E-state index in [0.717, 1.165) is 37.1 Å². The summed E-state index contributed by atoms with van der Waals surface area (Å²) < 4.78 is 28.0. The summed E-state index contributed by atoms with van der Waals surface area (Å²) in [5, 5.41) is 0. The van der Waals surface area contributed by atoms with Gasteiger partial charge in [-0.3, -0.25) is 9.78 Å². The Morgan fingerprint density at radius 1 is 0.829 bits per heavy atom. The van der Waals surface area contributed by atoms with E-state index in [1.165, 1.54) is 9.99 Å². The molecule has 3 heterocycles. The minimum Gasteiger partial charge on any atom is -0.371 e. The maximum atomic E-state index is 13.3. The normalized spacial score (nSPS) is 18.1. The first-order valence-corrected chi connectivity index (χ1v) is 13.5. The van der Waals surface area contributed by atoms with Crippen molar-refractivity contribution >= 4 is 21.6 Å². The molecule has 5 rings (SSSR count). The van der Waals surface area contributed by atoms with Crippen LogP contribution in [0.2, 0.25) is 0 Å². The number of aromatic nitrogens is 1. The fraction of sp³-hybridized carbons (Fsp3) is 0.333. The van der Waals surface area contributed by atoms with Crippen LogP contribution >= 0.6 is 0 Å². The molecule has 0 unspecified atom stereocenters. The first kappa shape index (κ1) is 23.5. The van der Waals surface area contributed by atoms with Crippen molar-refractivity contribution in [1.29, 1.82) is 0 Å². The van der Waals surface area contributed by atoms with E-state index in [2.05, 4.69) is 9.88 Å². The number of benzene rings is 2. The Labute approximate surface area is 207 Å². The highest BCUT2D eigenvalue weighted by atomic mass is 32.2. The van der Waals surface area contributed by atoms with Crippen LogP contribution in [-0.2, 0) is 14.8 Å². The summed E-state index contributed by atoms with van der Waals surface area (Å²) >= 11 is 0.